The molecule has 0 spiro atoms. The molecule has 1 fully saturated rings. The van der Waals surface area contributed by atoms with E-state index < -0.39 is 0 Å². The maximum Gasteiger partial charge on any atom is 0.244 e. The Kier molecular flexibility index (Phi) is 5.73. The van der Waals surface area contributed by atoms with E-state index in [0.29, 0.717) is 6.54 Å². The number of benzene rings is 1. The molecule has 5 heteroatoms. The molecular weight excluding hydrogens is 266 g/mol. The third kappa shape index (κ3) is 4.03. The van der Waals surface area contributed by atoms with E-state index in [1.807, 2.05) is 48.0 Å². The van der Waals surface area contributed by atoms with Crippen LogP contribution in [0.2, 0.25) is 0 Å². The highest BCUT2D eigenvalue weighted by Crippen LogP contribution is 2.22. The normalized spacial score (nSPS) is 17.0. The molecule has 2 N–H and O–H groups in total. The quantitative estimate of drug-likeness (QED) is 0.824. The minimum absolute atomic E-state index is 0.0493. The molecule has 1 saturated heterocycles. The molecule has 0 aliphatic carbocycles. The van der Waals surface area contributed by atoms with Crippen LogP contribution in [0.25, 0.3) is 0 Å². The van der Waals surface area contributed by atoms with Crippen molar-refractivity contribution in [1.29, 1.82) is 0 Å². The van der Waals surface area contributed by atoms with Gasteiger partial charge in [0.15, 0.2) is 0 Å². The lowest BCUT2D eigenvalue weighted by Gasteiger charge is -2.34. The number of nitrogens with zero attached hydrogens (tertiary/aromatic N) is 2. The fourth-order valence-corrected chi connectivity index (χ4v) is 2.68. The van der Waals surface area contributed by atoms with Crippen molar-refractivity contribution in [1.82, 2.24) is 15.1 Å². The number of rotatable bonds is 5. The third-order valence-corrected chi connectivity index (χ3v) is 3.95. The Labute approximate surface area is 126 Å². The Bertz CT molecular complexity index is 455. The first kappa shape index (κ1) is 15.9. The molecule has 5 nitrogen and oxygen atoms in total. The van der Waals surface area contributed by atoms with Gasteiger partial charge >= 0.3 is 0 Å². The summed E-state index contributed by atoms with van der Waals surface area (Å²) in [5.41, 5.74) is 2.16. The van der Waals surface area contributed by atoms with Crippen LogP contribution in [-0.2, 0) is 4.79 Å². The lowest BCUT2D eigenvalue weighted by atomic mass is 10.0. The second-order valence-electron chi connectivity index (χ2n) is 5.59. The maximum atomic E-state index is 12.9. The molecule has 1 heterocycles. The molecule has 1 aromatic carbocycles. The second-order valence-corrected chi connectivity index (χ2v) is 5.59. The van der Waals surface area contributed by atoms with E-state index in [-0.39, 0.29) is 18.6 Å². The van der Waals surface area contributed by atoms with Gasteiger partial charge in [-0.1, -0.05) is 29.8 Å². The van der Waals surface area contributed by atoms with Crippen molar-refractivity contribution in [2.75, 3.05) is 46.4 Å². The van der Waals surface area contributed by atoms with Gasteiger partial charge in [-0.15, -0.1) is 0 Å². The number of aryl methyl sites for hydroxylation is 1. The molecular formula is C16H25N3O2. The number of aliphatic hydroxyl groups excluding tert-OH is 1. The highest BCUT2D eigenvalue weighted by molar-refractivity contribution is 5.83. The fourth-order valence-electron chi connectivity index (χ4n) is 2.68. The summed E-state index contributed by atoms with van der Waals surface area (Å²) in [7, 11) is 1.89. The minimum Gasteiger partial charge on any atom is -0.395 e. The summed E-state index contributed by atoms with van der Waals surface area (Å²) in [6.45, 7) is 5.74. The SMILES string of the molecule is Cc1ccc(C(C(=O)N2CCNCC2)N(C)CCO)cc1. The zero-order valence-electron chi connectivity index (χ0n) is 12.9. The van der Waals surface area contributed by atoms with Crippen molar-refractivity contribution < 1.29 is 9.90 Å². The summed E-state index contributed by atoms with van der Waals surface area (Å²) >= 11 is 0. The van der Waals surface area contributed by atoms with Crippen LogP contribution in [0.3, 0.4) is 0 Å². The summed E-state index contributed by atoms with van der Waals surface area (Å²) in [6, 6.07) is 7.75. The first-order valence-electron chi connectivity index (χ1n) is 7.50. The van der Waals surface area contributed by atoms with Crippen LogP contribution in [-0.4, -0.2) is 67.2 Å². The number of carbonyl (C=O) groups excluding carboxylic acids is 1. The first-order valence-corrected chi connectivity index (χ1v) is 7.50. The van der Waals surface area contributed by atoms with Crippen LogP contribution in [0.5, 0.6) is 0 Å². The molecule has 0 saturated carbocycles. The smallest absolute Gasteiger partial charge is 0.244 e. The predicted molar refractivity (Wildman–Crippen MR) is 83.1 cm³/mol. The number of carbonyl (C=O) groups is 1. The van der Waals surface area contributed by atoms with E-state index >= 15 is 0 Å². The Balaban J connectivity index is 2.22. The molecule has 0 bridgehead atoms. The van der Waals surface area contributed by atoms with Gasteiger partial charge in [0.25, 0.3) is 0 Å². The Hall–Kier alpha value is -1.43. The van der Waals surface area contributed by atoms with Gasteiger partial charge in [0.1, 0.15) is 6.04 Å². The van der Waals surface area contributed by atoms with E-state index in [1.54, 1.807) is 0 Å². The van der Waals surface area contributed by atoms with Gasteiger partial charge in [-0.2, -0.15) is 0 Å². The average molecular weight is 291 g/mol. The van der Waals surface area contributed by atoms with Crippen molar-refractivity contribution in [2.45, 2.75) is 13.0 Å². The number of hydrogen-bond donors (Lipinski definition) is 2. The van der Waals surface area contributed by atoms with Crippen molar-refractivity contribution in [3.63, 3.8) is 0 Å². The summed E-state index contributed by atoms with van der Waals surface area (Å²) in [5.74, 6) is 0.122. The maximum absolute atomic E-state index is 12.9. The highest BCUT2D eigenvalue weighted by Gasteiger charge is 2.29. The topological polar surface area (TPSA) is 55.8 Å². The largest absolute Gasteiger partial charge is 0.395 e. The summed E-state index contributed by atoms with van der Waals surface area (Å²) < 4.78 is 0. The number of amides is 1. The summed E-state index contributed by atoms with van der Waals surface area (Å²) in [6.07, 6.45) is 0. The van der Waals surface area contributed by atoms with Gasteiger partial charge in [-0.3, -0.25) is 9.69 Å². The van der Waals surface area contributed by atoms with E-state index in [0.717, 1.165) is 31.7 Å². The third-order valence-electron chi connectivity index (χ3n) is 3.95. The Morgan fingerprint density at radius 1 is 1.33 bits per heavy atom. The summed E-state index contributed by atoms with van der Waals surface area (Å²) in [5, 5.41) is 12.5. The Morgan fingerprint density at radius 3 is 2.52 bits per heavy atom. The minimum atomic E-state index is -0.323. The number of hydrogen-bond acceptors (Lipinski definition) is 4. The molecule has 1 aliphatic rings. The van der Waals surface area contributed by atoms with Gasteiger partial charge in [0.2, 0.25) is 5.91 Å². The van der Waals surface area contributed by atoms with Crippen LogP contribution in [0, 0.1) is 6.92 Å². The highest BCUT2D eigenvalue weighted by atomic mass is 16.3. The van der Waals surface area contributed by atoms with Gasteiger partial charge in [0.05, 0.1) is 6.61 Å². The molecule has 1 unspecified atom stereocenters. The fraction of sp³-hybridized carbons (Fsp3) is 0.562. The summed E-state index contributed by atoms with van der Waals surface area (Å²) in [4.78, 5) is 16.7. The average Bonchev–Trinajstić information content (AvgIpc) is 2.50. The van der Waals surface area contributed by atoms with Gasteiger partial charge in [0, 0.05) is 32.7 Å². The van der Waals surface area contributed by atoms with Crippen molar-refractivity contribution in [2.24, 2.45) is 0 Å². The molecule has 0 aromatic heterocycles. The molecule has 21 heavy (non-hydrogen) atoms. The second kappa shape index (κ2) is 7.54. The predicted octanol–water partition coefficient (Wildman–Crippen LogP) is 0.392. The van der Waals surface area contributed by atoms with E-state index in [2.05, 4.69) is 5.32 Å². The van der Waals surface area contributed by atoms with Crippen LogP contribution in [0.4, 0.5) is 0 Å². The lowest BCUT2D eigenvalue weighted by molar-refractivity contribution is -0.137. The van der Waals surface area contributed by atoms with Gasteiger partial charge in [-0.25, -0.2) is 0 Å². The van der Waals surface area contributed by atoms with E-state index in [1.165, 1.54) is 5.56 Å². The first-order chi connectivity index (χ1) is 10.1. The number of likely N-dealkylation sites (N-methyl/N-ethyl adjacent to an activating group) is 1. The van der Waals surface area contributed by atoms with Crippen LogP contribution >= 0.6 is 0 Å². The molecule has 0 radical (unpaired) electrons. The van der Waals surface area contributed by atoms with E-state index in [4.69, 9.17) is 0 Å². The van der Waals surface area contributed by atoms with Crippen LogP contribution < -0.4 is 5.32 Å². The molecule has 1 amide bonds. The number of aliphatic hydroxyl groups is 1. The molecule has 2 rings (SSSR count). The molecule has 1 aliphatic heterocycles. The van der Waals surface area contributed by atoms with Crippen LogP contribution in [0.15, 0.2) is 24.3 Å². The monoisotopic (exact) mass is 291 g/mol. The molecule has 1 aromatic rings. The number of piperazine rings is 1. The van der Waals surface area contributed by atoms with Crippen LogP contribution in [0.1, 0.15) is 17.2 Å². The van der Waals surface area contributed by atoms with Crippen molar-refractivity contribution in [3.8, 4) is 0 Å². The lowest BCUT2D eigenvalue weighted by Crippen LogP contribution is -2.50. The zero-order valence-corrected chi connectivity index (χ0v) is 12.9. The van der Waals surface area contributed by atoms with Crippen molar-refractivity contribution in [3.05, 3.63) is 35.4 Å². The zero-order chi connectivity index (χ0) is 15.2. The van der Waals surface area contributed by atoms with Crippen molar-refractivity contribution >= 4 is 5.91 Å². The van der Waals surface area contributed by atoms with Gasteiger partial charge < -0.3 is 15.3 Å². The number of nitrogens with one attached hydrogen (secondary N) is 1. The molecule has 116 valence electrons. The molecule has 1 atom stereocenters. The van der Waals surface area contributed by atoms with E-state index in [9.17, 15) is 9.90 Å². The Morgan fingerprint density at radius 2 is 1.95 bits per heavy atom. The van der Waals surface area contributed by atoms with Gasteiger partial charge in [-0.05, 0) is 19.5 Å². The standard InChI is InChI=1S/C16H25N3O2/c1-13-3-5-14(6-4-13)15(18(2)11-12-20)16(21)19-9-7-17-8-10-19/h3-6,15,17,20H,7-12H2,1-2H3.